The lowest BCUT2D eigenvalue weighted by Crippen LogP contribution is -2.58. The van der Waals surface area contributed by atoms with E-state index in [0.717, 1.165) is 35.5 Å². The number of fused-ring (bicyclic) bond motifs is 1. The second-order valence-corrected chi connectivity index (χ2v) is 23.4. The molecule has 0 spiro atoms. The Hall–Kier alpha value is -1.54. The van der Waals surface area contributed by atoms with Crippen molar-refractivity contribution in [1.82, 2.24) is 4.31 Å². The van der Waals surface area contributed by atoms with Gasteiger partial charge in [0.15, 0.2) is 0 Å². The zero-order chi connectivity index (χ0) is 31.4. The minimum absolute atomic E-state index is 0.0461. The third-order valence-corrected chi connectivity index (χ3v) is 19.4. The van der Waals surface area contributed by atoms with Gasteiger partial charge in [0.05, 0.1) is 10.8 Å². The van der Waals surface area contributed by atoms with Crippen molar-refractivity contribution in [2.45, 2.75) is 119 Å². The molecule has 8 bridgehead atoms. The molecule has 2 atom stereocenters. The summed E-state index contributed by atoms with van der Waals surface area (Å²) in [7, 11) is 0.609. The second-order valence-electron chi connectivity index (χ2n) is 18.1. The Balaban J connectivity index is 1.27. The summed E-state index contributed by atoms with van der Waals surface area (Å²) in [6.45, 7) is 6.43. The van der Waals surface area contributed by atoms with Crippen LogP contribution in [-0.2, 0) is 11.0 Å². The van der Waals surface area contributed by atoms with Crippen molar-refractivity contribution < 1.29 is 4.21 Å². The molecule has 8 saturated carbocycles. The number of hydrogen-bond donors (Lipinski definition) is 0. The topological polar surface area (TPSA) is 20.3 Å². The second kappa shape index (κ2) is 11.0. The molecule has 2 unspecified atom stereocenters. The lowest BCUT2D eigenvalue weighted by Gasteiger charge is -2.67. The first-order chi connectivity index (χ1) is 22.1. The van der Waals surface area contributed by atoms with Gasteiger partial charge in [-0.05, 0) is 171 Å². The molecule has 8 fully saturated rings. The molecule has 0 N–H and O–H groups in total. The van der Waals surface area contributed by atoms with E-state index >= 15 is 0 Å². The monoisotopic (exact) mass is 651 g/mol. The predicted molar refractivity (Wildman–Crippen MR) is 196 cm³/mol. The van der Waals surface area contributed by atoms with E-state index in [1.54, 1.807) is 5.30 Å². The van der Waals surface area contributed by atoms with E-state index in [2.05, 4.69) is 98.9 Å². The van der Waals surface area contributed by atoms with Crippen molar-refractivity contribution >= 4 is 35.0 Å². The number of rotatable bonds is 7. The zero-order valence-electron chi connectivity index (χ0n) is 28.6. The summed E-state index contributed by atoms with van der Waals surface area (Å²) >= 11 is 0. The molecule has 3 aromatic rings. The van der Waals surface area contributed by atoms with Gasteiger partial charge < -0.3 is 0 Å². The van der Waals surface area contributed by atoms with E-state index in [9.17, 15) is 4.21 Å². The number of nitrogens with zero attached hydrogens (tertiary/aromatic N) is 1. The minimum Gasteiger partial charge on any atom is -0.242 e. The van der Waals surface area contributed by atoms with Crippen LogP contribution in [0.25, 0.3) is 10.8 Å². The fraction of sp³-hybridized carbons (Fsp3) is 0.619. The van der Waals surface area contributed by atoms with Gasteiger partial charge >= 0.3 is 0 Å². The van der Waals surface area contributed by atoms with E-state index in [1.165, 1.54) is 98.9 Å². The van der Waals surface area contributed by atoms with Crippen LogP contribution in [-0.4, -0.2) is 30.6 Å². The Morgan fingerprint density at radius 3 is 1.61 bits per heavy atom. The van der Waals surface area contributed by atoms with Gasteiger partial charge in [0.2, 0.25) is 0 Å². The van der Waals surface area contributed by atoms with Crippen molar-refractivity contribution in [2.75, 3.05) is 7.05 Å². The van der Waals surface area contributed by atoms with E-state index in [-0.39, 0.29) is 18.7 Å². The highest BCUT2D eigenvalue weighted by Gasteiger charge is 2.63. The SMILES string of the molecule is CN(C(c1ccccc1P(C12CC3CC(CC(C3)C1)C2)C12CC3CC(CC(C3)C1)C2)c1cccc2ccccc12)S(=O)C(C)(C)C. The Labute approximate surface area is 281 Å². The van der Waals surface area contributed by atoms with E-state index < -0.39 is 11.0 Å². The lowest BCUT2D eigenvalue weighted by atomic mass is 9.55. The van der Waals surface area contributed by atoms with Gasteiger partial charge in [-0.25, -0.2) is 8.51 Å². The maximum Gasteiger partial charge on any atom is 0.100 e. The van der Waals surface area contributed by atoms with Crippen molar-refractivity contribution in [1.29, 1.82) is 0 Å². The van der Waals surface area contributed by atoms with Gasteiger partial charge in [-0.15, -0.1) is 0 Å². The van der Waals surface area contributed by atoms with Crippen LogP contribution in [0, 0.1) is 35.5 Å². The molecular formula is C42H54NOPS. The normalized spacial score (nSPS) is 38.0. The summed E-state index contributed by atoms with van der Waals surface area (Å²) in [5.74, 6) is 5.76. The summed E-state index contributed by atoms with van der Waals surface area (Å²) in [6.07, 6.45) is 18.0. The molecule has 0 aromatic heterocycles. The molecule has 3 aromatic carbocycles. The van der Waals surface area contributed by atoms with Gasteiger partial charge in [0.1, 0.15) is 11.0 Å². The first-order valence-corrected chi connectivity index (χ1v) is 21.1. The summed E-state index contributed by atoms with van der Waals surface area (Å²) in [4.78, 5) is 0. The molecule has 11 rings (SSSR count). The lowest BCUT2D eigenvalue weighted by molar-refractivity contribution is 0.0195. The van der Waals surface area contributed by atoms with E-state index in [0.29, 0.717) is 10.3 Å². The van der Waals surface area contributed by atoms with E-state index in [1.807, 2.05) is 0 Å². The van der Waals surface area contributed by atoms with Gasteiger partial charge in [-0.1, -0.05) is 74.7 Å². The molecule has 0 amide bonds. The van der Waals surface area contributed by atoms with Crippen LogP contribution in [0.2, 0.25) is 0 Å². The molecule has 4 heteroatoms. The van der Waals surface area contributed by atoms with Gasteiger partial charge in [0, 0.05) is 7.05 Å². The van der Waals surface area contributed by atoms with Gasteiger partial charge in [-0.3, -0.25) is 0 Å². The third kappa shape index (κ3) is 4.87. The first kappa shape index (κ1) is 30.5. The van der Waals surface area contributed by atoms with Crippen molar-refractivity contribution in [3.63, 3.8) is 0 Å². The number of benzene rings is 3. The maximum absolute atomic E-state index is 14.5. The highest BCUT2D eigenvalue weighted by atomic mass is 32.2. The summed E-state index contributed by atoms with van der Waals surface area (Å²) < 4.78 is 16.4. The molecule has 8 aliphatic rings. The smallest absolute Gasteiger partial charge is 0.100 e. The predicted octanol–water partition coefficient (Wildman–Crippen LogP) is 10.4. The van der Waals surface area contributed by atoms with Crippen LogP contribution in [0.3, 0.4) is 0 Å². The summed E-state index contributed by atoms with van der Waals surface area (Å²) in [5, 5.41) is 5.28. The van der Waals surface area contributed by atoms with E-state index in [4.69, 9.17) is 0 Å². The Morgan fingerprint density at radius 1 is 0.652 bits per heavy atom. The molecular weight excluding hydrogens is 598 g/mol. The van der Waals surface area contributed by atoms with Crippen LogP contribution >= 0.6 is 7.92 Å². The highest BCUT2D eigenvalue weighted by Crippen LogP contribution is 2.78. The quantitative estimate of drug-likeness (QED) is 0.233. The Morgan fingerprint density at radius 2 is 1.09 bits per heavy atom. The average molecular weight is 652 g/mol. The standard InChI is InChI=1S/C42H54NOPS/c1-40(2,3)46(44)43(4)39(36-14-9-11-34-10-5-6-12-35(34)36)37-13-7-8-15-38(37)45(41-22-28-16-29(23-41)18-30(17-28)24-41)42-25-31-19-32(26-42)21-33(20-31)27-42/h5-15,28-33,39H,16-27H2,1-4H3. The molecule has 0 radical (unpaired) electrons. The number of hydrogen-bond acceptors (Lipinski definition) is 1. The van der Waals surface area contributed by atoms with Crippen molar-refractivity contribution in [3.8, 4) is 0 Å². The largest absolute Gasteiger partial charge is 0.242 e. The summed E-state index contributed by atoms with van der Waals surface area (Å²) in [6, 6.07) is 25.5. The fourth-order valence-electron chi connectivity index (χ4n) is 13.2. The first-order valence-electron chi connectivity index (χ1n) is 18.6. The molecule has 244 valence electrons. The van der Waals surface area contributed by atoms with Crippen LogP contribution < -0.4 is 5.30 Å². The summed E-state index contributed by atoms with van der Waals surface area (Å²) in [5.41, 5.74) is 2.79. The molecule has 0 aliphatic heterocycles. The molecule has 2 nitrogen and oxygen atoms in total. The molecule has 8 aliphatic carbocycles. The van der Waals surface area contributed by atoms with Crippen LogP contribution in [0.15, 0.2) is 66.7 Å². The average Bonchev–Trinajstić information content (AvgIpc) is 2.99. The maximum atomic E-state index is 14.5. The van der Waals surface area contributed by atoms with Crippen LogP contribution in [0.1, 0.15) is 115 Å². The minimum atomic E-state index is -1.16. The van der Waals surface area contributed by atoms with Crippen molar-refractivity contribution in [2.24, 2.45) is 35.5 Å². The molecule has 46 heavy (non-hydrogen) atoms. The third-order valence-electron chi connectivity index (χ3n) is 13.7. The molecule has 0 saturated heterocycles. The zero-order valence-corrected chi connectivity index (χ0v) is 30.3. The highest BCUT2D eigenvalue weighted by molar-refractivity contribution is 7.84. The Bertz CT molecular complexity index is 1550. The van der Waals surface area contributed by atoms with Crippen LogP contribution in [0.4, 0.5) is 0 Å². The fourth-order valence-corrected chi connectivity index (χ4v) is 19.8. The van der Waals surface area contributed by atoms with Gasteiger partial charge in [0.25, 0.3) is 0 Å². The Kier molecular flexibility index (Phi) is 7.29. The van der Waals surface area contributed by atoms with Crippen molar-refractivity contribution in [3.05, 3.63) is 77.9 Å². The van der Waals surface area contributed by atoms with Gasteiger partial charge in [-0.2, -0.15) is 0 Å². The van der Waals surface area contributed by atoms with Crippen LogP contribution in [0.5, 0.6) is 0 Å². The molecule has 0 heterocycles.